The van der Waals surface area contributed by atoms with Gasteiger partial charge in [0.25, 0.3) is 5.91 Å². The highest BCUT2D eigenvalue weighted by molar-refractivity contribution is 6.34. The van der Waals surface area contributed by atoms with Gasteiger partial charge in [0.15, 0.2) is 0 Å². The van der Waals surface area contributed by atoms with Crippen molar-refractivity contribution in [3.8, 4) is 0 Å². The first kappa shape index (κ1) is 18.5. The van der Waals surface area contributed by atoms with Crippen molar-refractivity contribution in [3.05, 3.63) is 41.4 Å². The largest absolute Gasteiger partial charge is 0.335 e. The van der Waals surface area contributed by atoms with Crippen LogP contribution in [0.2, 0.25) is 5.02 Å². The molecule has 0 spiro atoms. The van der Waals surface area contributed by atoms with Crippen molar-refractivity contribution in [3.63, 3.8) is 0 Å². The molecule has 6 nitrogen and oxygen atoms in total. The monoisotopic (exact) mass is 375 g/mol. The Kier molecular flexibility index (Phi) is 5.32. The maximum atomic E-state index is 13.0. The lowest BCUT2D eigenvalue weighted by atomic mass is 10.1. The van der Waals surface area contributed by atoms with Gasteiger partial charge < -0.3 is 14.7 Å². The van der Waals surface area contributed by atoms with Crippen LogP contribution in [0.5, 0.6) is 0 Å². The predicted molar refractivity (Wildman–Crippen MR) is 100 cm³/mol. The second kappa shape index (κ2) is 7.50. The van der Waals surface area contributed by atoms with Crippen LogP contribution in [0.1, 0.15) is 30.1 Å². The number of anilines is 1. The summed E-state index contributed by atoms with van der Waals surface area (Å²) in [4.78, 5) is 41.9. The first-order valence-corrected chi connectivity index (χ1v) is 9.12. The molecule has 2 aliphatic rings. The molecular weight excluding hydrogens is 354 g/mol. The Morgan fingerprint density at radius 2 is 2.04 bits per heavy atom. The second-order valence-electron chi connectivity index (χ2n) is 6.65. The molecule has 0 unspecified atom stereocenters. The van der Waals surface area contributed by atoms with Crippen LogP contribution >= 0.6 is 11.6 Å². The van der Waals surface area contributed by atoms with Crippen LogP contribution < -0.4 is 4.90 Å². The van der Waals surface area contributed by atoms with E-state index in [0.29, 0.717) is 48.9 Å². The molecule has 7 heteroatoms. The molecule has 0 N–H and O–H groups in total. The Bertz CT molecular complexity index is 764. The van der Waals surface area contributed by atoms with E-state index in [9.17, 15) is 14.4 Å². The molecule has 2 fully saturated rings. The Morgan fingerprint density at radius 3 is 2.65 bits per heavy atom. The lowest BCUT2D eigenvalue weighted by Gasteiger charge is -2.39. The number of carbonyl (C=O) groups excluding carboxylic acids is 3. The average molecular weight is 376 g/mol. The van der Waals surface area contributed by atoms with Crippen molar-refractivity contribution < 1.29 is 14.4 Å². The number of amides is 3. The normalized spacial score (nSPS) is 20.5. The molecule has 26 heavy (non-hydrogen) atoms. The smallest absolute Gasteiger partial charge is 0.255 e. The second-order valence-corrected chi connectivity index (χ2v) is 7.06. The van der Waals surface area contributed by atoms with E-state index in [2.05, 4.69) is 6.58 Å². The van der Waals surface area contributed by atoms with Gasteiger partial charge in [0.1, 0.15) is 0 Å². The van der Waals surface area contributed by atoms with Gasteiger partial charge in [-0.1, -0.05) is 18.2 Å². The molecule has 0 radical (unpaired) electrons. The van der Waals surface area contributed by atoms with E-state index in [-0.39, 0.29) is 23.8 Å². The average Bonchev–Trinajstić information content (AvgIpc) is 3.06. The predicted octanol–water partition coefficient (Wildman–Crippen LogP) is 2.33. The van der Waals surface area contributed by atoms with Crippen LogP contribution in [-0.2, 0) is 9.59 Å². The van der Waals surface area contributed by atoms with Gasteiger partial charge in [0.05, 0.1) is 10.6 Å². The third-order valence-electron chi connectivity index (χ3n) is 4.94. The summed E-state index contributed by atoms with van der Waals surface area (Å²) in [6.07, 6.45) is 2.64. The highest BCUT2D eigenvalue weighted by Gasteiger charge is 2.31. The van der Waals surface area contributed by atoms with Gasteiger partial charge in [-0.15, -0.1) is 0 Å². The molecule has 1 aromatic carbocycles. The molecule has 2 saturated heterocycles. The fourth-order valence-corrected chi connectivity index (χ4v) is 3.71. The number of carbonyl (C=O) groups is 3. The van der Waals surface area contributed by atoms with Crippen LogP contribution in [0.3, 0.4) is 0 Å². The van der Waals surface area contributed by atoms with Gasteiger partial charge >= 0.3 is 0 Å². The molecule has 3 amide bonds. The van der Waals surface area contributed by atoms with E-state index in [0.717, 1.165) is 6.42 Å². The van der Waals surface area contributed by atoms with Crippen LogP contribution in [0.25, 0.3) is 0 Å². The van der Waals surface area contributed by atoms with Crippen molar-refractivity contribution in [2.45, 2.75) is 25.8 Å². The molecule has 1 atom stereocenters. The van der Waals surface area contributed by atoms with E-state index in [1.54, 1.807) is 32.9 Å². The summed E-state index contributed by atoms with van der Waals surface area (Å²) in [7, 11) is 0. The molecule has 0 aliphatic carbocycles. The van der Waals surface area contributed by atoms with E-state index in [1.165, 1.54) is 6.08 Å². The SMILES string of the molecule is C=CC(=O)N1CCN(C(=O)c2cc(N3CCCC3=O)ccc2Cl)[C@@H](C)C1. The maximum absolute atomic E-state index is 13.0. The third kappa shape index (κ3) is 3.46. The number of nitrogens with zero attached hydrogens (tertiary/aromatic N) is 3. The lowest BCUT2D eigenvalue weighted by molar-refractivity contribution is -0.128. The minimum atomic E-state index is -0.179. The summed E-state index contributed by atoms with van der Waals surface area (Å²) in [6, 6.07) is 5.00. The first-order valence-electron chi connectivity index (χ1n) is 8.74. The van der Waals surface area contributed by atoms with Crippen LogP contribution in [0.15, 0.2) is 30.9 Å². The van der Waals surface area contributed by atoms with Gasteiger partial charge in [-0.2, -0.15) is 0 Å². The Morgan fingerprint density at radius 1 is 1.27 bits per heavy atom. The number of benzene rings is 1. The van der Waals surface area contributed by atoms with E-state index in [1.807, 2.05) is 6.92 Å². The van der Waals surface area contributed by atoms with Crippen molar-refractivity contribution in [2.75, 3.05) is 31.1 Å². The van der Waals surface area contributed by atoms with Crippen molar-refractivity contribution in [1.82, 2.24) is 9.80 Å². The summed E-state index contributed by atoms with van der Waals surface area (Å²) in [6.45, 7) is 7.42. The van der Waals surface area contributed by atoms with Crippen LogP contribution in [0, 0.1) is 0 Å². The Labute approximate surface area is 158 Å². The molecule has 0 saturated carbocycles. The lowest BCUT2D eigenvalue weighted by Crippen LogP contribution is -2.55. The zero-order valence-electron chi connectivity index (χ0n) is 14.8. The maximum Gasteiger partial charge on any atom is 0.255 e. The van der Waals surface area contributed by atoms with Gasteiger partial charge in [-0.05, 0) is 37.6 Å². The molecule has 2 aliphatic heterocycles. The minimum Gasteiger partial charge on any atom is -0.335 e. The van der Waals surface area contributed by atoms with Gasteiger partial charge in [-0.25, -0.2) is 0 Å². The Hall–Kier alpha value is -2.34. The van der Waals surface area contributed by atoms with E-state index in [4.69, 9.17) is 11.6 Å². The summed E-state index contributed by atoms with van der Waals surface area (Å²) in [5, 5.41) is 0.363. The van der Waals surface area contributed by atoms with Gasteiger partial charge in [-0.3, -0.25) is 14.4 Å². The highest BCUT2D eigenvalue weighted by Crippen LogP contribution is 2.28. The van der Waals surface area contributed by atoms with Gasteiger partial charge in [0, 0.05) is 44.3 Å². The number of halogens is 1. The van der Waals surface area contributed by atoms with Gasteiger partial charge in [0.2, 0.25) is 11.8 Å². The highest BCUT2D eigenvalue weighted by atomic mass is 35.5. The van der Waals surface area contributed by atoms with E-state index >= 15 is 0 Å². The number of rotatable bonds is 3. The summed E-state index contributed by atoms with van der Waals surface area (Å²) in [5.74, 6) is -0.242. The first-order chi connectivity index (χ1) is 12.4. The Balaban J connectivity index is 1.80. The minimum absolute atomic E-state index is 0.0654. The molecule has 3 rings (SSSR count). The van der Waals surface area contributed by atoms with Crippen LogP contribution in [-0.4, -0.2) is 59.7 Å². The fourth-order valence-electron chi connectivity index (χ4n) is 3.51. The number of hydrogen-bond acceptors (Lipinski definition) is 3. The van der Waals surface area contributed by atoms with Crippen molar-refractivity contribution >= 4 is 35.0 Å². The van der Waals surface area contributed by atoms with E-state index < -0.39 is 0 Å². The zero-order valence-corrected chi connectivity index (χ0v) is 15.5. The summed E-state index contributed by atoms with van der Waals surface area (Å²) in [5.41, 5.74) is 1.09. The molecule has 138 valence electrons. The molecular formula is C19H22ClN3O3. The van der Waals surface area contributed by atoms with Crippen molar-refractivity contribution in [2.24, 2.45) is 0 Å². The topological polar surface area (TPSA) is 60.9 Å². The summed E-state index contributed by atoms with van der Waals surface area (Å²) < 4.78 is 0. The quantitative estimate of drug-likeness (QED) is 0.762. The third-order valence-corrected chi connectivity index (χ3v) is 5.27. The van der Waals surface area contributed by atoms with Crippen molar-refractivity contribution in [1.29, 1.82) is 0 Å². The molecule has 0 bridgehead atoms. The molecule has 0 aromatic heterocycles. The molecule has 2 heterocycles. The zero-order chi connectivity index (χ0) is 18.8. The standard InChI is InChI=1S/C19H22ClN3O3/c1-3-17(24)21-9-10-22(13(2)12-21)19(26)15-11-14(6-7-16(15)20)23-8-4-5-18(23)25/h3,6-7,11,13H,1,4-5,8-10,12H2,2H3/t13-/m0/s1. The summed E-state index contributed by atoms with van der Waals surface area (Å²) >= 11 is 6.27. The fraction of sp³-hybridized carbons (Fsp3) is 0.421. The van der Waals surface area contributed by atoms with Crippen LogP contribution in [0.4, 0.5) is 5.69 Å². The number of piperazine rings is 1. The molecule has 1 aromatic rings. The number of hydrogen-bond donors (Lipinski definition) is 0.